The Hall–Kier alpha value is -3.93. The highest BCUT2D eigenvalue weighted by Crippen LogP contribution is 2.27. The summed E-state index contributed by atoms with van der Waals surface area (Å²) in [6.45, 7) is -0.321. The SMILES string of the molecule is C/C=C\C(=O)N(C=O)CC(COCCC(=O)O)(CN1C(=O)C=CC1=O)CN1C(=O)C=CC1=O. The van der Waals surface area contributed by atoms with Crippen molar-refractivity contribution in [1.82, 2.24) is 14.7 Å². The Balaban J connectivity index is 2.43. The van der Waals surface area contributed by atoms with Crippen LogP contribution in [0.5, 0.6) is 0 Å². The Morgan fingerprint density at radius 2 is 1.48 bits per heavy atom. The molecule has 12 heteroatoms. The van der Waals surface area contributed by atoms with Crippen LogP contribution < -0.4 is 0 Å². The molecular formula is C21H23N3O9. The van der Waals surface area contributed by atoms with E-state index in [9.17, 15) is 33.6 Å². The van der Waals surface area contributed by atoms with Gasteiger partial charge in [0, 0.05) is 49.4 Å². The predicted molar refractivity (Wildman–Crippen MR) is 110 cm³/mol. The van der Waals surface area contributed by atoms with Gasteiger partial charge < -0.3 is 9.84 Å². The molecule has 0 aliphatic carbocycles. The first-order chi connectivity index (χ1) is 15.6. The molecule has 2 aliphatic heterocycles. The number of carbonyl (C=O) groups is 7. The number of aliphatic carboxylic acids is 1. The number of nitrogens with zero attached hydrogens (tertiary/aromatic N) is 3. The summed E-state index contributed by atoms with van der Waals surface area (Å²) < 4.78 is 5.46. The van der Waals surface area contributed by atoms with Gasteiger partial charge >= 0.3 is 5.97 Å². The Labute approximate surface area is 188 Å². The number of amides is 6. The molecule has 0 aromatic carbocycles. The van der Waals surface area contributed by atoms with Crippen molar-refractivity contribution in [2.75, 3.05) is 32.8 Å². The largest absolute Gasteiger partial charge is 0.481 e. The number of allylic oxidation sites excluding steroid dienone is 1. The van der Waals surface area contributed by atoms with Crippen molar-refractivity contribution in [3.63, 3.8) is 0 Å². The van der Waals surface area contributed by atoms with Crippen LogP contribution in [-0.2, 0) is 38.3 Å². The number of carboxylic acid groups (broad SMARTS) is 1. The maximum atomic E-state index is 12.4. The fraction of sp³-hybridized carbons (Fsp3) is 0.381. The van der Waals surface area contributed by atoms with Gasteiger partial charge in [-0.25, -0.2) is 0 Å². The third-order valence-corrected chi connectivity index (χ3v) is 4.88. The lowest BCUT2D eigenvalue weighted by atomic mass is 9.86. The van der Waals surface area contributed by atoms with Gasteiger partial charge in [-0.1, -0.05) is 6.08 Å². The van der Waals surface area contributed by atoms with Crippen LogP contribution in [0.3, 0.4) is 0 Å². The van der Waals surface area contributed by atoms with Crippen molar-refractivity contribution in [3.05, 3.63) is 36.5 Å². The molecule has 2 heterocycles. The molecule has 6 amide bonds. The molecule has 12 nitrogen and oxygen atoms in total. The second-order valence-electron chi connectivity index (χ2n) is 7.46. The Morgan fingerprint density at radius 3 is 1.88 bits per heavy atom. The van der Waals surface area contributed by atoms with E-state index >= 15 is 0 Å². The number of hydrogen-bond donors (Lipinski definition) is 1. The number of hydrogen-bond acceptors (Lipinski definition) is 8. The minimum absolute atomic E-state index is 0.242. The second-order valence-corrected chi connectivity index (χ2v) is 7.46. The average molecular weight is 461 g/mol. The Morgan fingerprint density at radius 1 is 1.00 bits per heavy atom. The molecular weight excluding hydrogens is 438 g/mol. The third-order valence-electron chi connectivity index (χ3n) is 4.88. The molecule has 0 spiro atoms. The molecule has 176 valence electrons. The van der Waals surface area contributed by atoms with E-state index in [1.54, 1.807) is 6.92 Å². The van der Waals surface area contributed by atoms with Gasteiger partial charge in [-0.2, -0.15) is 0 Å². The summed E-state index contributed by atoms with van der Waals surface area (Å²) in [7, 11) is 0. The van der Waals surface area contributed by atoms with Gasteiger partial charge in [-0.05, 0) is 13.0 Å². The van der Waals surface area contributed by atoms with Crippen molar-refractivity contribution >= 4 is 41.9 Å². The van der Waals surface area contributed by atoms with Crippen molar-refractivity contribution in [2.24, 2.45) is 5.41 Å². The van der Waals surface area contributed by atoms with Crippen LogP contribution in [0.25, 0.3) is 0 Å². The standard InChI is InChI=1S/C21H23N3O9/c1-2-3-15(26)22(14-25)10-21(13-33-9-8-20(31)32,11-23-16(27)4-5-17(23)28)12-24-18(29)6-7-19(24)30/h2-7,14H,8-13H2,1H3,(H,31,32)/b3-2-. The number of ether oxygens (including phenoxy) is 1. The first-order valence-electron chi connectivity index (χ1n) is 9.87. The number of carbonyl (C=O) groups excluding carboxylic acids is 6. The van der Waals surface area contributed by atoms with E-state index in [0.29, 0.717) is 0 Å². The van der Waals surface area contributed by atoms with Gasteiger partial charge in [-0.15, -0.1) is 0 Å². The summed E-state index contributed by atoms with van der Waals surface area (Å²) in [5.74, 6) is -4.50. The smallest absolute Gasteiger partial charge is 0.305 e. The molecule has 0 radical (unpaired) electrons. The zero-order valence-electron chi connectivity index (χ0n) is 17.8. The summed E-state index contributed by atoms with van der Waals surface area (Å²) in [6.07, 6.45) is 6.54. The number of rotatable bonds is 13. The lowest BCUT2D eigenvalue weighted by Crippen LogP contribution is -2.56. The van der Waals surface area contributed by atoms with Crippen molar-refractivity contribution in [3.8, 4) is 0 Å². The third kappa shape index (κ3) is 6.53. The number of carboxylic acids is 1. The molecule has 2 rings (SSSR count). The van der Waals surface area contributed by atoms with Crippen LogP contribution in [0.15, 0.2) is 36.5 Å². The first-order valence-corrected chi connectivity index (χ1v) is 9.87. The molecule has 0 aromatic rings. The summed E-state index contributed by atoms with van der Waals surface area (Å²) in [5, 5.41) is 8.86. The lowest BCUT2D eigenvalue weighted by Gasteiger charge is -2.40. The van der Waals surface area contributed by atoms with Crippen LogP contribution in [0.4, 0.5) is 0 Å². The number of imide groups is 3. The normalized spacial score (nSPS) is 15.9. The van der Waals surface area contributed by atoms with E-state index in [2.05, 4.69) is 0 Å². The molecule has 1 N–H and O–H groups in total. The highest BCUT2D eigenvalue weighted by molar-refractivity contribution is 6.13. The monoisotopic (exact) mass is 461 g/mol. The van der Waals surface area contributed by atoms with Gasteiger partial charge in [0.15, 0.2) is 0 Å². The lowest BCUT2D eigenvalue weighted by molar-refractivity contribution is -0.144. The molecule has 0 unspecified atom stereocenters. The van der Waals surface area contributed by atoms with Gasteiger partial charge in [0.2, 0.25) is 6.41 Å². The summed E-state index contributed by atoms with van der Waals surface area (Å²) in [4.78, 5) is 86.2. The van der Waals surface area contributed by atoms with Crippen molar-refractivity contribution < 1.29 is 43.4 Å². The zero-order chi connectivity index (χ0) is 24.6. The topological polar surface area (TPSA) is 159 Å². The summed E-state index contributed by atoms with van der Waals surface area (Å²) in [6, 6.07) is 0. The first kappa shape index (κ1) is 25.3. The van der Waals surface area contributed by atoms with Crippen molar-refractivity contribution in [2.45, 2.75) is 13.3 Å². The molecule has 0 bridgehead atoms. The highest BCUT2D eigenvalue weighted by Gasteiger charge is 2.43. The summed E-state index contributed by atoms with van der Waals surface area (Å²) >= 11 is 0. The van der Waals surface area contributed by atoms with Gasteiger partial charge in [-0.3, -0.25) is 48.3 Å². The van der Waals surface area contributed by atoms with Gasteiger partial charge in [0.05, 0.1) is 19.6 Å². The minimum Gasteiger partial charge on any atom is -0.481 e. The average Bonchev–Trinajstić information content (AvgIpc) is 3.25. The predicted octanol–water partition coefficient (Wildman–Crippen LogP) is -1.12. The molecule has 0 fully saturated rings. The highest BCUT2D eigenvalue weighted by atomic mass is 16.5. The molecule has 0 saturated heterocycles. The van der Waals surface area contributed by atoms with Crippen LogP contribution in [-0.4, -0.2) is 94.6 Å². The molecule has 0 aromatic heterocycles. The van der Waals surface area contributed by atoms with E-state index in [1.165, 1.54) is 6.08 Å². The quantitative estimate of drug-likeness (QED) is 0.155. The van der Waals surface area contributed by atoms with Crippen LogP contribution in [0.1, 0.15) is 13.3 Å². The van der Waals surface area contributed by atoms with E-state index in [4.69, 9.17) is 9.84 Å². The molecule has 0 atom stereocenters. The summed E-state index contributed by atoms with van der Waals surface area (Å²) in [5.41, 5.74) is -1.49. The van der Waals surface area contributed by atoms with Gasteiger partial charge in [0.25, 0.3) is 29.5 Å². The maximum absolute atomic E-state index is 12.4. The van der Waals surface area contributed by atoms with E-state index in [-0.39, 0.29) is 26.0 Å². The van der Waals surface area contributed by atoms with Gasteiger partial charge in [0.1, 0.15) is 0 Å². The Kier molecular flexibility index (Phi) is 8.51. The van der Waals surface area contributed by atoms with Crippen molar-refractivity contribution in [1.29, 1.82) is 0 Å². The zero-order valence-corrected chi connectivity index (χ0v) is 17.8. The van der Waals surface area contributed by atoms with Crippen LogP contribution >= 0.6 is 0 Å². The molecule has 0 saturated carbocycles. The molecule has 2 aliphatic rings. The van der Waals surface area contributed by atoms with Crippen LogP contribution in [0, 0.1) is 5.41 Å². The molecule has 33 heavy (non-hydrogen) atoms. The fourth-order valence-corrected chi connectivity index (χ4v) is 3.35. The van der Waals surface area contributed by atoms with E-state index in [1.807, 2.05) is 0 Å². The fourth-order valence-electron chi connectivity index (χ4n) is 3.35. The van der Waals surface area contributed by atoms with Crippen LogP contribution in [0.2, 0.25) is 0 Å². The Bertz CT molecular complexity index is 871. The van der Waals surface area contributed by atoms with E-state index in [0.717, 1.165) is 45.1 Å². The van der Waals surface area contributed by atoms with E-state index < -0.39 is 60.6 Å². The second kappa shape index (κ2) is 11.1. The maximum Gasteiger partial charge on any atom is 0.305 e. The minimum atomic E-state index is -1.49.